The number of ketones is 1. The molecule has 2 rings (SSSR count). The maximum absolute atomic E-state index is 13.2. The molecule has 0 N–H and O–H groups in total. The van der Waals surface area contributed by atoms with E-state index in [1.54, 1.807) is 7.11 Å². The van der Waals surface area contributed by atoms with E-state index in [1.165, 1.54) is 16.7 Å². The van der Waals surface area contributed by atoms with E-state index in [-0.39, 0.29) is 17.6 Å². The van der Waals surface area contributed by atoms with Crippen molar-refractivity contribution in [1.29, 1.82) is 0 Å². The Morgan fingerprint density at radius 2 is 1.87 bits per heavy atom. The number of ether oxygens (including phenoxy) is 1. The van der Waals surface area contributed by atoms with Gasteiger partial charge in [0.2, 0.25) is 0 Å². The molecule has 0 saturated heterocycles. The van der Waals surface area contributed by atoms with Gasteiger partial charge in [0.05, 0.1) is 6.61 Å². The van der Waals surface area contributed by atoms with Crippen LogP contribution in [0.25, 0.3) is 5.57 Å². The summed E-state index contributed by atoms with van der Waals surface area (Å²) < 4.78 is 5.54. The summed E-state index contributed by atoms with van der Waals surface area (Å²) in [5.74, 6) is 0.548. The second-order valence-corrected chi connectivity index (χ2v) is 9.16. The number of hydrogen-bond acceptors (Lipinski definition) is 2. The van der Waals surface area contributed by atoms with Gasteiger partial charge in [0.1, 0.15) is 5.78 Å². The van der Waals surface area contributed by atoms with Gasteiger partial charge in [0.15, 0.2) is 0 Å². The molecule has 0 heterocycles. The molecule has 0 saturated carbocycles. The second-order valence-electron chi connectivity index (χ2n) is 8.75. The zero-order chi connectivity index (χ0) is 22.4. The summed E-state index contributed by atoms with van der Waals surface area (Å²) in [6, 6.07) is 12.3. The Hall–Kier alpha value is -1.90. The number of methoxy groups -OCH3 is 1. The summed E-state index contributed by atoms with van der Waals surface area (Å²) in [6.07, 6.45) is 1.14. The minimum absolute atomic E-state index is 0.0871. The lowest BCUT2D eigenvalue weighted by Gasteiger charge is -2.26. The fourth-order valence-electron chi connectivity index (χ4n) is 4.08. The number of hydrogen-bond donors (Lipinski definition) is 0. The molecule has 2 aromatic rings. The van der Waals surface area contributed by atoms with Crippen molar-refractivity contribution in [1.82, 2.24) is 0 Å². The number of carbonyl (C=O) groups is 1. The van der Waals surface area contributed by atoms with Crippen LogP contribution in [0.3, 0.4) is 0 Å². The zero-order valence-electron chi connectivity index (χ0n) is 19.2. The number of benzene rings is 2. The van der Waals surface area contributed by atoms with Crippen molar-refractivity contribution in [2.75, 3.05) is 13.7 Å². The van der Waals surface area contributed by atoms with Crippen LogP contribution in [-0.2, 0) is 22.4 Å². The molecule has 0 radical (unpaired) electrons. The minimum atomic E-state index is -0.139. The monoisotopic (exact) mass is 426 g/mol. The normalized spacial score (nSPS) is 13.3. The van der Waals surface area contributed by atoms with Crippen LogP contribution in [0.2, 0.25) is 5.02 Å². The van der Waals surface area contributed by atoms with Crippen LogP contribution in [0, 0.1) is 18.8 Å². The van der Waals surface area contributed by atoms with Crippen LogP contribution in [0.4, 0.5) is 0 Å². The molecule has 2 atom stereocenters. The molecule has 0 aromatic heterocycles. The number of allylic oxidation sites excluding steroid dienone is 1. The molecule has 2 aromatic carbocycles. The predicted octanol–water partition coefficient (Wildman–Crippen LogP) is 7.06. The summed E-state index contributed by atoms with van der Waals surface area (Å²) in [5, 5.41) is 0.652. The zero-order valence-corrected chi connectivity index (χ0v) is 20.0. The molecule has 0 amide bonds. The van der Waals surface area contributed by atoms with Crippen LogP contribution >= 0.6 is 11.6 Å². The first-order chi connectivity index (χ1) is 14.1. The first kappa shape index (κ1) is 24.4. The van der Waals surface area contributed by atoms with E-state index in [0.717, 1.165) is 23.1 Å². The van der Waals surface area contributed by atoms with Crippen molar-refractivity contribution >= 4 is 23.0 Å². The summed E-state index contributed by atoms with van der Waals surface area (Å²) in [5.41, 5.74) is 6.85. The van der Waals surface area contributed by atoms with E-state index < -0.39 is 0 Å². The molecule has 30 heavy (non-hydrogen) atoms. The van der Waals surface area contributed by atoms with Gasteiger partial charge in [-0.25, -0.2) is 0 Å². The van der Waals surface area contributed by atoms with E-state index >= 15 is 0 Å². The van der Waals surface area contributed by atoms with E-state index in [9.17, 15) is 4.79 Å². The van der Waals surface area contributed by atoms with Gasteiger partial charge in [-0.15, -0.1) is 0 Å². The van der Waals surface area contributed by atoms with E-state index in [1.807, 2.05) is 39.0 Å². The van der Waals surface area contributed by atoms with Crippen molar-refractivity contribution in [2.24, 2.45) is 11.8 Å². The average Bonchev–Trinajstić information content (AvgIpc) is 2.69. The summed E-state index contributed by atoms with van der Waals surface area (Å²) in [4.78, 5) is 13.2. The number of rotatable bonds is 10. The van der Waals surface area contributed by atoms with Crippen LogP contribution in [0.5, 0.6) is 0 Å². The molecule has 0 fully saturated rings. The highest BCUT2D eigenvalue weighted by Gasteiger charge is 2.27. The molecule has 3 heteroatoms. The van der Waals surface area contributed by atoms with Crippen molar-refractivity contribution in [2.45, 2.75) is 53.4 Å². The van der Waals surface area contributed by atoms with E-state index in [2.05, 4.69) is 38.6 Å². The highest BCUT2D eigenvalue weighted by atomic mass is 35.5. The van der Waals surface area contributed by atoms with Crippen molar-refractivity contribution < 1.29 is 9.53 Å². The first-order valence-electron chi connectivity index (χ1n) is 10.7. The average molecular weight is 427 g/mol. The number of carbonyl (C=O) groups excluding carboxylic acids is 1. The number of aryl methyl sites for hydroxylation is 1. The quantitative estimate of drug-likeness (QED) is 0.406. The molecule has 0 aliphatic rings. The fraction of sp³-hybridized carbons (Fsp3) is 0.444. The van der Waals surface area contributed by atoms with Gasteiger partial charge in [-0.2, -0.15) is 0 Å². The standard InChI is InChI=1S/C27H35ClO2/c1-17(2)23-9-8-10-24(18(3)4)25(23)14-22(16-30-7)20(6)27(29)15-21-13-19(5)11-12-26(21)28/h8-13,18,20,22H,1,14-16H2,2-7H3/t20?,22-/m1/s1. The molecule has 2 nitrogen and oxygen atoms in total. The third-order valence-corrected chi connectivity index (χ3v) is 6.29. The molecule has 0 spiro atoms. The van der Waals surface area contributed by atoms with Crippen molar-refractivity contribution in [3.05, 3.63) is 75.8 Å². The Bertz CT molecular complexity index is 898. The van der Waals surface area contributed by atoms with Gasteiger partial charge in [-0.1, -0.05) is 80.4 Å². The van der Waals surface area contributed by atoms with Gasteiger partial charge in [0.25, 0.3) is 0 Å². The lowest BCUT2D eigenvalue weighted by Crippen LogP contribution is -2.28. The van der Waals surface area contributed by atoms with Gasteiger partial charge in [-0.05, 0) is 60.4 Å². The van der Waals surface area contributed by atoms with Gasteiger partial charge in [0, 0.05) is 24.5 Å². The third kappa shape index (κ3) is 6.06. The Kier molecular flexibility index (Phi) is 8.88. The second kappa shape index (κ2) is 10.9. The van der Waals surface area contributed by atoms with Gasteiger partial charge < -0.3 is 4.74 Å². The molecule has 0 aliphatic heterocycles. The Morgan fingerprint density at radius 1 is 1.17 bits per heavy atom. The van der Waals surface area contributed by atoms with Gasteiger partial charge >= 0.3 is 0 Å². The molecule has 162 valence electrons. The van der Waals surface area contributed by atoms with Crippen molar-refractivity contribution in [3.8, 4) is 0 Å². The fourth-order valence-corrected chi connectivity index (χ4v) is 4.26. The first-order valence-corrected chi connectivity index (χ1v) is 11.1. The highest BCUT2D eigenvalue weighted by Crippen LogP contribution is 2.31. The Labute approximate surface area is 187 Å². The third-order valence-electron chi connectivity index (χ3n) is 5.92. The summed E-state index contributed by atoms with van der Waals surface area (Å²) >= 11 is 6.34. The lowest BCUT2D eigenvalue weighted by atomic mass is 9.79. The van der Waals surface area contributed by atoms with Gasteiger partial charge in [-0.3, -0.25) is 4.79 Å². The van der Waals surface area contributed by atoms with Crippen LogP contribution in [0.1, 0.15) is 61.4 Å². The maximum Gasteiger partial charge on any atom is 0.140 e. The summed E-state index contributed by atoms with van der Waals surface area (Å²) in [6.45, 7) is 15.2. The van der Waals surface area contributed by atoms with Crippen LogP contribution in [0.15, 0.2) is 43.0 Å². The van der Waals surface area contributed by atoms with E-state index in [0.29, 0.717) is 24.0 Å². The van der Waals surface area contributed by atoms with E-state index in [4.69, 9.17) is 16.3 Å². The number of halogens is 1. The lowest BCUT2D eigenvalue weighted by molar-refractivity contribution is -0.124. The molecule has 0 aliphatic carbocycles. The van der Waals surface area contributed by atoms with Crippen molar-refractivity contribution in [3.63, 3.8) is 0 Å². The number of Topliss-reactive ketones (excluding diaryl/α,β-unsaturated/α-hetero) is 1. The Balaban J connectivity index is 2.32. The van der Waals surface area contributed by atoms with Crippen LogP contribution in [-0.4, -0.2) is 19.5 Å². The Morgan fingerprint density at radius 3 is 2.47 bits per heavy atom. The molecule has 0 bridgehead atoms. The predicted molar refractivity (Wildman–Crippen MR) is 128 cm³/mol. The minimum Gasteiger partial charge on any atom is -0.384 e. The highest BCUT2D eigenvalue weighted by molar-refractivity contribution is 6.31. The molecule has 1 unspecified atom stereocenters. The maximum atomic E-state index is 13.2. The topological polar surface area (TPSA) is 26.3 Å². The summed E-state index contributed by atoms with van der Waals surface area (Å²) in [7, 11) is 1.70. The molecular formula is C27H35ClO2. The molecular weight excluding hydrogens is 392 g/mol. The smallest absolute Gasteiger partial charge is 0.140 e. The van der Waals surface area contributed by atoms with Crippen LogP contribution < -0.4 is 0 Å². The SMILES string of the molecule is C=C(C)c1cccc(C(C)C)c1C[C@H](COC)C(C)C(=O)Cc1cc(C)ccc1Cl. The largest absolute Gasteiger partial charge is 0.384 e.